The maximum absolute atomic E-state index is 9.24. The summed E-state index contributed by atoms with van der Waals surface area (Å²) in [5, 5.41) is 9.90. The molecule has 1 fully saturated rings. The van der Waals surface area contributed by atoms with Crippen LogP contribution in [0.5, 0.6) is 0 Å². The first kappa shape index (κ1) is 14.2. The second kappa shape index (κ2) is 6.27. The summed E-state index contributed by atoms with van der Waals surface area (Å²) >= 11 is 6.07. The van der Waals surface area contributed by atoms with Gasteiger partial charge >= 0.3 is 0 Å². The zero-order valence-corrected chi connectivity index (χ0v) is 12.0. The summed E-state index contributed by atoms with van der Waals surface area (Å²) in [5.41, 5.74) is 7.48. The van der Waals surface area contributed by atoms with Gasteiger partial charge in [0.25, 0.3) is 0 Å². The number of nitrogens with zero attached hydrogens (tertiary/aromatic N) is 2. The normalized spacial score (nSPS) is 22.8. The lowest BCUT2D eigenvalue weighted by atomic mass is 9.83. The third-order valence-corrected chi connectivity index (χ3v) is 4.36. The number of hydrogen-bond acceptors (Lipinski definition) is 3. The minimum Gasteiger partial charge on any atom is -0.370 e. The van der Waals surface area contributed by atoms with Gasteiger partial charge in [-0.15, -0.1) is 0 Å². The molecule has 0 saturated heterocycles. The standard InChI is InChI=1S/C15H20ClN3/c1-19(14-5-3-2-4-11(14)9-17)15-8-13(16)7-6-12(15)10-18/h6-8,11,14H,2-5,9,17H2,1H3. The second-order valence-corrected chi connectivity index (χ2v) is 5.67. The van der Waals surface area contributed by atoms with Crippen LogP contribution in [0.15, 0.2) is 18.2 Å². The Bertz CT molecular complexity index is 481. The maximum atomic E-state index is 9.24. The van der Waals surface area contributed by atoms with Crippen LogP contribution in [0.1, 0.15) is 31.2 Å². The quantitative estimate of drug-likeness (QED) is 0.923. The Kier molecular flexibility index (Phi) is 4.68. The van der Waals surface area contributed by atoms with Gasteiger partial charge < -0.3 is 10.6 Å². The Labute approximate surface area is 120 Å². The molecule has 102 valence electrons. The molecule has 2 unspecified atom stereocenters. The average molecular weight is 278 g/mol. The van der Waals surface area contributed by atoms with Gasteiger partial charge in [-0.3, -0.25) is 0 Å². The molecule has 0 amide bonds. The lowest BCUT2D eigenvalue weighted by molar-refractivity contribution is 0.306. The molecule has 1 aromatic rings. The molecule has 2 rings (SSSR count). The molecule has 1 aliphatic carbocycles. The smallest absolute Gasteiger partial charge is 0.101 e. The van der Waals surface area contributed by atoms with Gasteiger partial charge in [-0.2, -0.15) is 5.26 Å². The molecule has 2 atom stereocenters. The van der Waals surface area contributed by atoms with Crippen molar-refractivity contribution in [2.24, 2.45) is 11.7 Å². The van der Waals surface area contributed by atoms with Crippen molar-refractivity contribution >= 4 is 17.3 Å². The summed E-state index contributed by atoms with van der Waals surface area (Å²) in [4.78, 5) is 2.20. The fourth-order valence-electron chi connectivity index (χ4n) is 3.04. The highest BCUT2D eigenvalue weighted by Crippen LogP contribution is 2.32. The van der Waals surface area contributed by atoms with Crippen molar-refractivity contribution in [3.63, 3.8) is 0 Å². The van der Waals surface area contributed by atoms with E-state index in [-0.39, 0.29) is 0 Å². The molecule has 3 nitrogen and oxygen atoms in total. The van der Waals surface area contributed by atoms with E-state index in [0.717, 1.165) is 12.1 Å². The number of nitriles is 1. The van der Waals surface area contributed by atoms with E-state index in [1.807, 2.05) is 13.1 Å². The van der Waals surface area contributed by atoms with E-state index < -0.39 is 0 Å². The van der Waals surface area contributed by atoms with E-state index in [0.29, 0.717) is 29.1 Å². The Morgan fingerprint density at radius 1 is 1.42 bits per heavy atom. The van der Waals surface area contributed by atoms with Crippen LogP contribution < -0.4 is 10.6 Å². The number of halogens is 1. The van der Waals surface area contributed by atoms with Gasteiger partial charge in [0.2, 0.25) is 0 Å². The van der Waals surface area contributed by atoms with Gasteiger partial charge in [0.05, 0.1) is 11.3 Å². The van der Waals surface area contributed by atoms with Gasteiger partial charge in [0.15, 0.2) is 0 Å². The lowest BCUT2D eigenvalue weighted by Gasteiger charge is -2.39. The number of benzene rings is 1. The van der Waals surface area contributed by atoms with Gasteiger partial charge in [-0.25, -0.2) is 0 Å². The molecule has 0 aromatic heterocycles. The minimum atomic E-state index is 0.407. The first-order valence-corrected chi connectivity index (χ1v) is 7.17. The van der Waals surface area contributed by atoms with Crippen molar-refractivity contribution in [2.45, 2.75) is 31.7 Å². The fraction of sp³-hybridized carbons (Fsp3) is 0.533. The van der Waals surface area contributed by atoms with E-state index in [2.05, 4.69) is 11.0 Å². The largest absolute Gasteiger partial charge is 0.370 e. The molecule has 1 aliphatic rings. The highest BCUT2D eigenvalue weighted by atomic mass is 35.5. The Hall–Kier alpha value is -1.24. The van der Waals surface area contributed by atoms with Crippen LogP contribution in [-0.2, 0) is 0 Å². The van der Waals surface area contributed by atoms with Crippen LogP contribution >= 0.6 is 11.6 Å². The van der Waals surface area contributed by atoms with Crippen molar-refractivity contribution < 1.29 is 0 Å². The van der Waals surface area contributed by atoms with Crippen molar-refractivity contribution in [3.05, 3.63) is 28.8 Å². The predicted molar refractivity (Wildman–Crippen MR) is 79.4 cm³/mol. The van der Waals surface area contributed by atoms with Crippen molar-refractivity contribution in [1.82, 2.24) is 0 Å². The molecule has 0 radical (unpaired) electrons. The Balaban J connectivity index is 2.30. The lowest BCUT2D eigenvalue weighted by Crippen LogP contribution is -2.43. The van der Waals surface area contributed by atoms with Crippen molar-refractivity contribution in [2.75, 3.05) is 18.5 Å². The highest BCUT2D eigenvalue weighted by Gasteiger charge is 2.28. The molecule has 4 heteroatoms. The number of rotatable bonds is 3. The maximum Gasteiger partial charge on any atom is 0.101 e. The molecule has 0 spiro atoms. The molecule has 1 saturated carbocycles. The monoisotopic (exact) mass is 277 g/mol. The van der Waals surface area contributed by atoms with E-state index in [4.69, 9.17) is 17.3 Å². The third-order valence-electron chi connectivity index (χ3n) is 4.13. The summed E-state index contributed by atoms with van der Waals surface area (Å²) < 4.78 is 0. The summed E-state index contributed by atoms with van der Waals surface area (Å²) in [6.45, 7) is 0.706. The zero-order valence-electron chi connectivity index (χ0n) is 11.3. The van der Waals surface area contributed by atoms with E-state index in [1.54, 1.807) is 12.1 Å². The van der Waals surface area contributed by atoms with Gasteiger partial charge in [-0.1, -0.05) is 24.4 Å². The number of hydrogen-bond donors (Lipinski definition) is 1. The van der Waals surface area contributed by atoms with Crippen molar-refractivity contribution in [3.8, 4) is 6.07 Å². The molecule has 0 bridgehead atoms. The Morgan fingerprint density at radius 2 is 2.16 bits per heavy atom. The van der Waals surface area contributed by atoms with Crippen LogP contribution in [0.4, 0.5) is 5.69 Å². The summed E-state index contributed by atoms with van der Waals surface area (Å²) in [5.74, 6) is 0.504. The fourth-order valence-corrected chi connectivity index (χ4v) is 3.21. The summed E-state index contributed by atoms with van der Waals surface area (Å²) in [6.07, 6.45) is 4.80. The molecular weight excluding hydrogens is 258 g/mol. The van der Waals surface area contributed by atoms with E-state index >= 15 is 0 Å². The highest BCUT2D eigenvalue weighted by molar-refractivity contribution is 6.30. The van der Waals surface area contributed by atoms with Crippen LogP contribution in [0.3, 0.4) is 0 Å². The molecule has 1 aromatic carbocycles. The minimum absolute atomic E-state index is 0.407. The SMILES string of the molecule is CN(c1cc(Cl)ccc1C#N)C1CCCCC1CN. The van der Waals surface area contributed by atoms with Crippen molar-refractivity contribution in [1.29, 1.82) is 5.26 Å². The topological polar surface area (TPSA) is 53.0 Å². The third kappa shape index (κ3) is 3.02. The second-order valence-electron chi connectivity index (χ2n) is 5.23. The van der Waals surface area contributed by atoms with Crippen LogP contribution in [0.2, 0.25) is 5.02 Å². The molecule has 2 N–H and O–H groups in total. The molecule has 19 heavy (non-hydrogen) atoms. The van der Waals surface area contributed by atoms with E-state index in [1.165, 1.54) is 19.3 Å². The molecule has 0 heterocycles. The average Bonchev–Trinajstić information content (AvgIpc) is 2.46. The summed E-state index contributed by atoms with van der Waals surface area (Å²) in [7, 11) is 2.05. The first-order valence-electron chi connectivity index (χ1n) is 6.80. The number of nitrogens with two attached hydrogens (primary N) is 1. The Morgan fingerprint density at radius 3 is 2.84 bits per heavy atom. The van der Waals surface area contributed by atoms with Gasteiger partial charge in [0, 0.05) is 18.1 Å². The molecule has 0 aliphatic heterocycles. The molecular formula is C15H20ClN3. The van der Waals surface area contributed by atoms with Gasteiger partial charge in [-0.05, 0) is 43.5 Å². The summed E-state index contributed by atoms with van der Waals surface area (Å²) in [6, 6.07) is 8.08. The predicted octanol–water partition coefficient (Wildman–Crippen LogP) is 3.17. The van der Waals surface area contributed by atoms with Crippen LogP contribution in [0, 0.1) is 17.2 Å². The van der Waals surface area contributed by atoms with Gasteiger partial charge in [0.1, 0.15) is 6.07 Å². The van der Waals surface area contributed by atoms with Crippen LogP contribution in [0.25, 0.3) is 0 Å². The first-order chi connectivity index (χ1) is 9.17. The van der Waals surface area contributed by atoms with Crippen LogP contribution in [-0.4, -0.2) is 19.6 Å². The van der Waals surface area contributed by atoms with E-state index in [9.17, 15) is 5.26 Å². The number of anilines is 1. The zero-order chi connectivity index (χ0) is 13.8.